The van der Waals surface area contributed by atoms with Gasteiger partial charge in [-0.3, -0.25) is 4.90 Å². The molecular weight excluding hydrogens is 356 g/mol. The van der Waals surface area contributed by atoms with Gasteiger partial charge in [-0.05, 0) is 49.3 Å². The van der Waals surface area contributed by atoms with Crippen LogP contribution < -0.4 is 10.5 Å². The van der Waals surface area contributed by atoms with Crippen LogP contribution in [0.5, 0.6) is 0 Å². The number of anilines is 1. The van der Waals surface area contributed by atoms with E-state index < -0.39 is 10.0 Å². The SMILES string of the molecule is NS(=O)(=O)c1ccc(NC(=S)N2CCN(C3CCCCC3)CC2)cc1. The molecule has 2 aliphatic rings. The lowest BCUT2D eigenvalue weighted by Crippen LogP contribution is -2.53. The summed E-state index contributed by atoms with van der Waals surface area (Å²) in [5, 5.41) is 8.99. The molecule has 1 saturated heterocycles. The zero-order valence-corrected chi connectivity index (χ0v) is 16.0. The lowest BCUT2D eigenvalue weighted by Gasteiger charge is -2.41. The molecule has 0 aromatic heterocycles. The van der Waals surface area contributed by atoms with E-state index in [0.29, 0.717) is 5.11 Å². The molecule has 1 aromatic carbocycles. The largest absolute Gasteiger partial charge is 0.346 e. The molecule has 0 unspecified atom stereocenters. The van der Waals surface area contributed by atoms with E-state index in [-0.39, 0.29) is 4.90 Å². The first-order valence-electron chi connectivity index (χ1n) is 8.86. The van der Waals surface area contributed by atoms with Crippen molar-refractivity contribution in [3.05, 3.63) is 24.3 Å². The summed E-state index contributed by atoms with van der Waals surface area (Å²) in [5.74, 6) is 0. The Labute approximate surface area is 155 Å². The van der Waals surface area contributed by atoms with Crippen molar-refractivity contribution in [1.29, 1.82) is 0 Å². The third-order valence-electron chi connectivity index (χ3n) is 5.13. The van der Waals surface area contributed by atoms with Crippen LogP contribution in [-0.2, 0) is 10.0 Å². The number of hydrogen-bond acceptors (Lipinski definition) is 4. The first-order valence-corrected chi connectivity index (χ1v) is 10.8. The van der Waals surface area contributed by atoms with Gasteiger partial charge in [-0.25, -0.2) is 13.6 Å². The van der Waals surface area contributed by atoms with Gasteiger partial charge in [0.05, 0.1) is 4.90 Å². The van der Waals surface area contributed by atoms with Gasteiger partial charge in [-0.1, -0.05) is 19.3 Å². The Morgan fingerprint density at radius 2 is 1.64 bits per heavy atom. The number of primary sulfonamides is 1. The number of piperazine rings is 1. The van der Waals surface area contributed by atoms with Crippen LogP contribution in [0, 0.1) is 0 Å². The first-order chi connectivity index (χ1) is 11.9. The number of thiocarbonyl (C=S) groups is 1. The Morgan fingerprint density at radius 1 is 1.04 bits per heavy atom. The van der Waals surface area contributed by atoms with Gasteiger partial charge in [0.25, 0.3) is 0 Å². The molecule has 1 saturated carbocycles. The molecule has 1 aromatic rings. The van der Waals surface area contributed by atoms with Crippen LogP contribution in [-0.4, -0.2) is 55.6 Å². The maximum absolute atomic E-state index is 11.3. The summed E-state index contributed by atoms with van der Waals surface area (Å²) in [5.41, 5.74) is 0.770. The molecule has 3 N–H and O–H groups in total. The predicted octanol–water partition coefficient (Wildman–Crippen LogP) is 1.98. The van der Waals surface area contributed by atoms with Crippen molar-refractivity contribution >= 4 is 33.0 Å². The number of rotatable bonds is 3. The normalized spacial score (nSPS) is 20.4. The van der Waals surface area contributed by atoms with Gasteiger partial charge < -0.3 is 10.2 Å². The average molecular weight is 383 g/mol. The Hall–Kier alpha value is -1.22. The number of nitrogens with two attached hydrogens (primary N) is 1. The van der Waals surface area contributed by atoms with Crippen LogP contribution in [0.3, 0.4) is 0 Å². The molecule has 1 aliphatic carbocycles. The van der Waals surface area contributed by atoms with E-state index in [2.05, 4.69) is 15.1 Å². The summed E-state index contributed by atoms with van der Waals surface area (Å²) in [6.45, 7) is 3.96. The number of benzene rings is 1. The molecule has 0 atom stereocenters. The summed E-state index contributed by atoms with van der Waals surface area (Å²) in [6.07, 6.45) is 6.77. The fraction of sp³-hybridized carbons (Fsp3) is 0.588. The van der Waals surface area contributed by atoms with Crippen LogP contribution >= 0.6 is 12.2 Å². The average Bonchev–Trinajstić information content (AvgIpc) is 2.62. The minimum absolute atomic E-state index is 0.102. The smallest absolute Gasteiger partial charge is 0.238 e. The molecule has 0 radical (unpaired) electrons. The quantitative estimate of drug-likeness (QED) is 0.779. The highest BCUT2D eigenvalue weighted by molar-refractivity contribution is 7.89. The second-order valence-corrected chi connectivity index (χ2v) is 8.76. The molecule has 2 fully saturated rings. The van der Waals surface area contributed by atoms with Gasteiger partial charge in [0, 0.05) is 37.9 Å². The van der Waals surface area contributed by atoms with E-state index in [1.54, 1.807) is 12.1 Å². The van der Waals surface area contributed by atoms with Gasteiger partial charge in [-0.15, -0.1) is 0 Å². The fourth-order valence-corrected chi connectivity index (χ4v) is 4.48. The van der Waals surface area contributed by atoms with Crippen LogP contribution in [0.4, 0.5) is 5.69 Å². The maximum atomic E-state index is 11.3. The number of nitrogens with one attached hydrogen (secondary N) is 1. The molecule has 25 heavy (non-hydrogen) atoms. The molecule has 6 nitrogen and oxygen atoms in total. The van der Waals surface area contributed by atoms with E-state index >= 15 is 0 Å². The highest BCUT2D eigenvalue weighted by atomic mass is 32.2. The molecule has 1 heterocycles. The molecule has 138 valence electrons. The molecular formula is C17H26N4O2S2. The van der Waals surface area contributed by atoms with E-state index in [1.807, 2.05) is 0 Å². The highest BCUT2D eigenvalue weighted by Crippen LogP contribution is 2.23. The number of sulfonamides is 1. The minimum atomic E-state index is -3.66. The van der Waals surface area contributed by atoms with Gasteiger partial charge in [-0.2, -0.15) is 0 Å². The molecule has 0 amide bonds. The monoisotopic (exact) mass is 382 g/mol. The van der Waals surface area contributed by atoms with Crippen LogP contribution in [0.2, 0.25) is 0 Å². The Morgan fingerprint density at radius 3 is 2.20 bits per heavy atom. The van der Waals surface area contributed by atoms with Crippen molar-refractivity contribution in [3.63, 3.8) is 0 Å². The summed E-state index contributed by atoms with van der Waals surface area (Å²) in [4.78, 5) is 4.89. The standard InChI is InChI=1S/C17H26N4O2S2/c18-25(22,23)16-8-6-14(7-9-16)19-17(24)21-12-10-20(11-13-21)15-4-2-1-3-5-15/h6-9,15H,1-5,10-13H2,(H,19,24)(H2,18,22,23). The molecule has 3 rings (SSSR count). The summed E-state index contributed by atoms with van der Waals surface area (Å²) in [7, 11) is -3.66. The topological polar surface area (TPSA) is 78.7 Å². The van der Waals surface area contributed by atoms with Gasteiger partial charge >= 0.3 is 0 Å². The third kappa shape index (κ3) is 4.91. The molecule has 1 aliphatic heterocycles. The molecule has 0 bridgehead atoms. The zero-order valence-electron chi connectivity index (χ0n) is 14.4. The van der Waals surface area contributed by atoms with Crippen molar-refractivity contribution in [1.82, 2.24) is 9.80 Å². The van der Waals surface area contributed by atoms with Crippen molar-refractivity contribution in [2.45, 2.75) is 43.0 Å². The number of hydrogen-bond donors (Lipinski definition) is 2. The lowest BCUT2D eigenvalue weighted by atomic mass is 9.94. The minimum Gasteiger partial charge on any atom is -0.346 e. The van der Waals surface area contributed by atoms with E-state index in [0.717, 1.165) is 37.9 Å². The van der Waals surface area contributed by atoms with Crippen molar-refractivity contribution in [3.8, 4) is 0 Å². The second kappa shape index (κ2) is 7.99. The molecule has 8 heteroatoms. The van der Waals surface area contributed by atoms with E-state index in [4.69, 9.17) is 17.4 Å². The van der Waals surface area contributed by atoms with Crippen molar-refractivity contribution < 1.29 is 8.42 Å². The highest BCUT2D eigenvalue weighted by Gasteiger charge is 2.25. The fourth-order valence-electron chi connectivity index (χ4n) is 3.67. The zero-order chi connectivity index (χ0) is 17.9. The Balaban J connectivity index is 1.51. The van der Waals surface area contributed by atoms with Crippen molar-refractivity contribution in [2.24, 2.45) is 5.14 Å². The Kier molecular flexibility index (Phi) is 5.93. The van der Waals surface area contributed by atoms with Crippen molar-refractivity contribution in [2.75, 3.05) is 31.5 Å². The Bertz CT molecular complexity index is 692. The van der Waals surface area contributed by atoms with E-state index in [9.17, 15) is 8.42 Å². The lowest BCUT2D eigenvalue weighted by molar-refractivity contribution is 0.108. The number of nitrogens with zero attached hydrogens (tertiary/aromatic N) is 2. The summed E-state index contributed by atoms with van der Waals surface area (Å²) in [6, 6.07) is 7.10. The summed E-state index contributed by atoms with van der Waals surface area (Å²) >= 11 is 5.51. The van der Waals surface area contributed by atoms with Crippen LogP contribution in [0.15, 0.2) is 29.2 Å². The van der Waals surface area contributed by atoms with Gasteiger partial charge in [0.2, 0.25) is 10.0 Å². The van der Waals surface area contributed by atoms with Gasteiger partial charge in [0.15, 0.2) is 5.11 Å². The third-order valence-corrected chi connectivity index (χ3v) is 6.42. The first kappa shape index (κ1) is 18.6. The second-order valence-electron chi connectivity index (χ2n) is 6.81. The maximum Gasteiger partial charge on any atom is 0.238 e. The summed E-state index contributed by atoms with van der Waals surface area (Å²) < 4.78 is 22.6. The van der Waals surface area contributed by atoms with E-state index in [1.165, 1.54) is 44.2 Å². The van der Waals surface area contributed by atoms with Crippen LogP contribution in [0.1, 0.15) is 32.1 Å². The van der Waals surface area contributed by atoms with Gasteiger partial charge in [0.1, 0.15) is 0 Å². The predicted molar refractivity (Wildman–Crippen MR) is 104 cm³/mol. The molecule has 0 spiro atoms. The van der Waals surface area contributed by atoms with Crippen LogP contribution in [0.25, 0.3) is 0 Å².